The van der Waals surface area contributed by atoms with Gasteiger partial charge in [0, 0.05) is 11.8 Å². The van der Waals surface area contributed by atoms with Gasteiger partial charge in [0.15, 0.2) is 20.7 Å². The lowest BCUT2D eigenvalue weighted by Gasteiger charge is -2.11. The van der Waals surface area contributed by atoms with E-state index in [-0.39, 0.29) is 38.7 Å². The molecule has 1 aliphatic carbocycles. The second-order valence-corrected chi connectivity index (χ2v) is 9.78. The van der Waals surface area contributed by atoms with Crippen LogP contribution in [0.5, 0.6) is 0 Å². The van der Waals surface area contributed by atoms with E-state index < -0.39 is 26.8 Å². The van der Waals surface area contributed by atoms with Crippen LogP contribution in [-0.4, -0.2) is 37.4 Å². The second-order valence-electron chi connectivity index (χ2n) is 6.73. The predicted octanol–water partition coefficient (Wildman–Crippen LogP) is 3.87. The van der Waals surface area contributed by atoms with E-state index in [1.165, 1.54) is 24.3 Å². The van der Waals surface area contributed by atoms with Crippen molar-refractivity contribution in [3.63, 3.8) is 0 Å². The van der Waals surface area contributed by atoms with Gasteiger partial charge in [-0.05, 0) is 37.8 Å². The predicted molar refractivity (Wildman–Crippen MR) is 105 cm³/mol. The summed E-state index contributed by atoms with van der Waals surface area (Å²) in [5, 5.41) is 5.98. The molecule has 0 saturated heterocycles. The van der Waals surface area contributed by atoms with E-state index in [9.17, 15) is 26.4 Å². The standard InChI is InChI=1S/C18H18F3N3O4S2/c1-30(26,27)13-8-6-11(7-9-13)15(24-28-12-4-2-3-5-12)16(25)23-17-22-10-14(29-17)18(19,20)21/h6-10,12H,2-5H2,1H3,(H,22,23,25)/b24-15+. The molecule has 2 aromatic rings. The van der Waals surface area contributed by atoms with Gasteiger partial charge in [0.25, 0.3) is 5.91 Å². The van der Waals surface area contributed by atoms with Crippen molar-refractivity contribution in [3.05, 3.63) is 40.9 Å². The minimum Gasteiger partial charge on any atom is -0.392 e. The number of rotatable bonds is 6. The zero-order chi connectivity index (χ0) is 21.9. The Morgan fingerprint density at radius 2 is 1.87 bits per heavy atom. The average molecular weight is 461 g/mol. The fourth-order valence-electron chi connectivity index (χ4n) is 2.83. The van der Waals surface area contributed by atoms with Crippen LogP contribution in [0.2, 0.25) is 0 Å². The molecule has 162 valence electrons. The second kappa shape index (κ2) is 8.72. The molecule has 0 radical (unpaired) electrons. The topological polar surface area (TPSA) is 97.7 Å². The maximum atomic E-state index is 12.8. The Hall–Kier alpha value is -2.47. The molecule has 0 aliphatic heterocycles. The molecule has 1 N–H and O–H groups in total. The Morgan fingerprint density at radius 1 is 1.23 bits per heavy atom. The van der Waals surface area contributed by atoms with Crippen molar-refractivity contribution in [2.45, 2.75) is 42.9 Å². The summed E-state index contributed by atoms with van der Waals surface area (Å²) >= 11 is 0.287. The van der Waals surface area contributed by atoms with Crippen LogP contribution >= 0.6 is 11.3 Å². The monoisotopic (exact) mass is 461 g/mol. The van der Waals surface area contributed by atoms with Gasteiger partial charge in [0.1, 0.15) is 11.0 Å². The highest BCUT2D eigenvalue weighted by Crippen LogP contribution is 2.35. The van der Waals surface area contributed by atoms with Crippen molar-refractivity contribution in [1.29, 1.82) is 0 Å². The van der Waals surface area contributed by atoms with Gasteiger partial charge in [-0.2, -0.15) is 13.2 Å². The molecule has 0 atom stereocenters. The van der Waals surface area contributed by atoms with Crippen LogP contribution in [0.15, 0.2) is 40.5 Å². The van der Waals surface area contributed by atoms with Gasteiger partial charge in [-0.15, -0.1) is 0 Å². The van der Waals surface area contributed by atoms with Crippen LogP contribution in [0.4, 0.5) is 18.3 Å². The van der Waals surface area contributed by atoms with Gasteiger partial charge in [-0.3, -0.25) is 10.1 Å². The van der Waals surface area contributed by atoms with E-state index in [0.717, 1.165) is 31.9 Å². The molecular formula is C18H18F3N3O4S2. The zero-order valence-corrected chi connectivity index (χ0v) is 17.4. The molecule has 1 aromatic heterocycles. The minimum atomic E-state index is -4.56. The molecular weight excluding hydrogens is 443 g/mol. The number of aromatic nitrogens is 1. The normalized spacial score (nSPS) is 15.9. The van der Waals surface area contributed by atoms with Gasteiger partial charge in [0.2, 0.25) is 0 Å². The molecule has 3 rings (SSSR count). The van der Waals surface area contributed by atoms with Gasteiger partial charge in [0.05, 0.1) is 11.1 Å². The summed E-state index contributed by atoms with van der Waals surface area (Å²) in [5.41, 5.74) is 0.0659. The molecule has 0 spiro atoms. The summed E-state index contributed by atoms with van der Waals surface area (Å²) < 4.78 is 61.5. The molecule has 1 amide bonds. The van der Waals surface area contributed by atoms with Crippen molar-refractivity contribution < 1.29 is 31.2 Å². The Bertz CT molecular complexity index is 1040. The number of hydrogen-bond donors (Lipinski definition) is 1. The number of carbonyl (C=O) groups is 1. The lowest BCUT2D eigenvalue weighted by Crippen LogP contribution is -2.25. The Morgan fingerprint density at radius 3 is 2.40 bits per heavy atom. The highest BCUT2D eigenvalue weighted by Gasteiger charge is 2.33. The summed E-state index contributed by atoms with van der Waals surface area (Å²) in [7, 11) is -3.44. The molecule has 1 fully saturated rings. The van der Waals surface area contributed by atoms with Crippen molar-refractivity contribution >= 4 is 37.9 Å². The average Bonchev–Trinajstić information content (AvgIpc) is 3.33. The van der Waals surface area contributed by atoms with E-state index in [1.807, 2.05) is 0 Å². The van der Waals surface area contributed by atoms with E-state index in [4.69, 9.17) is 4.84 Å². The molecule has 7 nitrogen and oxygen atoms in total. The lowest BCUT2D eigenvalue weighted by atomic mass is 10.1. The smallest absolute Gasteiger partial charge is 0.392 e. The van der Waals surface area contributed by atoms with Crippen LogP contribution in [0.3, 0.4) is 0 Å². The van der Waals surface area contributed by atoms with Crippen molar-refractivity contribution in [3.8, 4) is 0 Å². The molecule has 30 heavy (non-hydrogen) atoms. The number of sulfone groups is 1. The molecule has 0 unspecified atom stereocenters. The summed E-state index contributed by atoms with van der Waals surface area (Å²) in [6, 6.07) is 5.40. The summed E-state index contributed by atoms with van der Waals surface area (Å²) in [5.74, 6) is -0.817. The quantitative estimate of drug-likeness (QED) is 0.520. The Kier molecular flexibility index (Phi) is 6.46. The molecule has 0 bridgehead atoms. The molecule has 12 heteroatoms. The number of thiazole rings is 1. The van der Waals surface area contributed by atoms with Crippen LogP contribution in [-0.2, 0) is 25.6 Å². The van der Waals surface area contributed by atoms with E-state index in [2.05, 4.69) is 15.5 Å². The number of nitrogens with zero attached hydrogens (tertiary/aromatic N) is 2. The van der Waals surface area contributed by atoms with Crippen molar-refractivity contribution in [2.75, 3.05) is 11.6 Å². The summed E-state index contributed by atoms with van der Waals surface area (Å²) in [6.07, 6.45) is 0.485. The van der Waals surface area contributed by atoms with Crippen LogP contribution in [0, 0.1) is 0 Å². The lowest BCUT2D eigenvalue weighted by molar-refractivity contribution is -0.134. The molecule has 1 heterocycles. The highest BCUT2D eigenvalue weighted by molar-refractivity contribution is 7.90. The number of halogens is 3. The first-order valence-corrected chi connectivity index (χ1v) is 11.6. The van der Waals surface area contributed by atoms with Gasteiger partial charge < -0.3 is 4.84 Å². The highest BCUT2D eigenvalue weighted by atomic mass is 32.2. The maximum absolute atomic E-state index is 12.8. The fourth-order valence-corrected chi connectivity index (χ4v) is 4.13. The number of nitrogens with one attached hydrogen (secondary N) is 1. The van der Waals surface area contributed by atoms with E-state index >= 15 is 0 Å². The van der Waals surface area contributed by atoms with E-state index in [0.29, 0.717) is 6.20 Å². The number of carbonyl (C=O) groups excluding carboxylic acids is 1. The number of hydrogen-bond acceptors (Lipinski definition) is 7. The Balaban J connectivity index is 1.85. The van der Waals surface area contributed by atoms with E-state index in [1.54, 1.807) is 0 Å². The first kappa shape index (κ1) is 22.2. The number of anilines is 1. The number of benzene rings is 1. The molecule has 1 aliphatic rings. The fraction of sp³-hybridized carbons (Fsp3) is 0.389. The number of amides is 1. The van der Waals surface area contributed by atoms with Crippen molar-refractivity contribution in [2.24, 2.45) is 5.16 Å². The molecule has 1 aromatic carbocycles. The SMILES string of the molecule is CS(=O)(=O)c1ccc(/C(=N\OC2CCCC2)C(=O)Nc2ncc(C(F)(F)F)s2)cc1. The summed E-state index contributed by atoms with van der Waals surface area (Å²) in [4.78, 5) is 20.8. The Labute approximate surface area is 174 Å². The maximum Gasteiger partial charge on any atom is 0.427 e. The first-order valence-electron chi connectivity index (χ1n) is 8.93. The van der Waals surface area contributed by atoms with Gasteiger partial charge in [-0.25, -0.2) is 13.4 Å². The third-order valence-corrected chi connectivity index (χ3v) is 6.46. The third-order valence-electron chi connectivity index (χ3n) is 4.37. The van der Waals surface area contributed by atoms with Gasteiger partial charge in [-0.1, -0.05) is 28.6 Å². The third kappa shape index (κ3) is 5.57. The first-order chi connectivity index (χ1) is 14.0. The zero-order valence-electron chi connectivity index (χ0n) is 15.8. The van der Waals surface area contributed by atoms with Gasteiger partial charge >= 0.3 is 6.18 Å². The molecule has 1 saturated carbocycles. The summed E-state index contributed by atoms with van der Waals surface area (Å²) in [6.45, 7) is 0. The van der Waals surface area contributed by atoms with Crippen LogP contribution < -0.4 is 5.32 Å². The minimum absolute atomic E-state index is 0.0532. The van der Waals surface area contributed by atoms with Crippen LogP contribution in [0.25, 0.3) is 0 Å². The van der Waals surface area contributed by atoms with Crippen molar-refractivity contribution in [1.82, 2.24) is 4.98 Å². The number of alkyl halides is 3. The van der Waals surface area contributed by atoms with Crippen LogP contribution in [0.1, 0.15) is 36.1 Å². The largest absolute Gasteiger partial charge is 0.427 e. The number of oxime groups is 1.